The van der Waals surface area contributed by atoms with Crippen molar-refractivity contribution in [3.8, 4) is 0 Å². The minimum atomic E-state index is -1.01. The maximum Gasteiger partial charge on any atom is 0.358 e. The molecule has 2 rings (SSSR count). The molecular formula is C15H19N3O2. The standard InChI is InChI=1S/C15H19N3O2/c1-4-5-13-14(15(19)20)16-17-18(13)9-12-7-10(2)6-11(3)8-12/h6-8H,4-5,9H2,1-3H3,(H,19,20). The highest BCUT2D eigenvalue weighted by Crippen LogP contribution is 2.14. The molecule has 20 heavy (non-hydrogen) atoms. The monoisotopic (exact) mass is 273 g/mol. The van der Waals surface area contributed by atoms with Gasteiger partial charge in [-0.3, -0.25) is 0 Å². The van der Waals surface area contributed by atoms with Gasteiger partial charge < -0.3 is 5.11 Å². The summed E-state index contributed by atoms with van der Waals surface area (Å²) in [7, 11) is 0. The number of carbonyl (C=O) groups is 1. The summed E-state index contributed by atoms with van der Waals surface area (Å²) in [5, 5.41) is 16.9. The Morgan fingerprint density at radius 3 is 2.45 bits per heavy atom. The fraction of sp³-hybridized carbons (Fsp3) is 0.400. The van der Waals surface area contributed by atoms with Gasteiger partial charge in [0.15, 0.2) is 5.69 Å². The zero-order valence-electron chi connectivity index (χ0n) is 12.1. The van der Waals surface area contributed by atoms with Crippen LogP contribution in [-0.4, -0.2) is 26.1 Å². The fourth-order valence-corrected chi connectivity index (χ4v) is 2.44. The van der Waals surface area contributed by atoms with Crippen molar-refractivity contribution in [2.45, 2.75) is 40.2 Å². The van der Waals surface area contributed by atoms with Gasteiger partial charge >= 0.3 is 5.97 Å². The summed E-state index contributed by atoms with van der Waals surface area (Å²) in [4.78, 5) is 11.2. The van der Waals surface area contributed by atoms with Gasteiger partial charge in [-0.15, -0.1) is 5.10 Å². The average molecular weight is 273 g/mol. The maximum atomic E-state index is 11.2. The van der Waals surface area contributed by atoms with Crippen LogP contribution in [0.2, 0.25) is 0 Å². The lowest BCUT2D eigenvalue weighted by Crippen LogP contribution is -2.09. The molecule has 0 aliphatic heterocycles. The summed E-state index contributed by atoms with van der Waals surface area (Å²) < 4.78 is 1.70. The lowest BCUT2D eigenvalue weighted by atomic mass is 10.1. The molecule has 0 atom stereocenters. The Bertz CT molecular complexity index is 612. The first-order valence-electron chi connectivity index (χ1n) is 6.74. The van der Waals surface area contributed by atoms with Crippen LogP contribution < -0.4 is 0 Å². The molecule has 0 fully saturated rings. The highest BCUT2D eigenvalue weighted by Gasteiger charge is 2.18. The van der Waals surface area contributed by atoms with Gasteiger partial charge in [0.1, 0.15) is 0 Å². The molecule has 0 saturated carbocycles. The molecule has 0 spiro atoms. The summed E-state index contributed by atoms with van der Waals surface area (Å²) in [5.41, 5.74) is 4.25. The molecule has 0 aliphatic rings. The van der Waals surface area contributed by atoms with Crippen LogP contribution in [0.5, 0.6) is 0 Å². The first-order valence-corrected chi connectivity index (χ1v) is 6.74. The molecule has 1 aromatic carbocycles. The lowest BCUT2D eigenvalue weighted by molar-refractivity contribution is 0.0689. The quantitative estimate of drug-likeness (QED) is 0.909. The van der Waals surface area contributed by atoms with Crippen LogP contribution in [0, 0.1) is 13.8 Å². The van der Waals surface area contributed by atoms with E-state index in [0.29, 0.717) is 18.7 Å². The summed E-state index contributed by atoms with van der Waals surface area (Å²) in [6.07, 6.45) is 1.53. The molecule has 0 bridgehead atoms. The molecule has 1 N–H and O–H groups in total. The number of hydrogen-bond donors (Lipinski definition) is 1. The van der Waals surface area contributed by atoms with Gasteiger partial charge in [-0.25, -0.2) is 9.48 Å². The number of hydrogen-bond acceptors (Lipinski definition) is 3. The third-order valence-corrected chi connectivity index (χ3v) is 3.14. The van der Waals surface area contributed by atoms with E-state index in [-0.39, 0.29) is 5.69 Å². The second kappa shape index (κ2) is 5.86. The highest BCUT2D eigenvalue weighted by atomic mass is 16.4. The minimum Gasteiger partial charge on any atom is -0.476 e. The van der Waals surface area contributed by atoms with Gasteiger partial charge in [0.25, 0.3) is 0 Å². The maximum absolute atomic E-state index is 11.2. The molecule has 1 heterocycles. The average Bonchev–Trinajstić information content (AvgIpc) is 2.72. The number of carboxylic acids is 1. The summed E-state index contributed by atoms with van der Waals surface area (Å²) in [5.74, 6) is -1.01. The van der Waals surface area contributed by atoms with Crippen LogP contribution in [0.25, 0.3) is 0 Å². The van der Waals surface area contributed by atoms with Gasteiger partial charge in [0.2, 0.25) is 0 Å². The number of aromatic carboxylic acids is 1. The SMILES string of the molecule is CCCc1c(C(=O)O)nnn1Cc1cc(C)cc(C)c1. The van der Waals surface area contributed by atoms with Crippen molar-refractivity contribution >= 4 is 5.97 Å². The number of aromatic nitrogens is 3. The van der Waals surface area contributed by atoms with Crippen LogP contribution in [0.3, 0.4) is 0 Å². The lowest BCUT2D eigenvalue weighted by Gasteiger charge is -2.08. The normalized spacial score (nSPS) is 10.8. The topological polar surface area (TPSA) is 68.0 Å². The third kappa shape index (κ3) is 3.04. The van der Waals surface area contributed by atoms with E-state index in [9.17, 15) is 4.79 Å². The van der Waals surface area contributed by atoms with Crippen LogP contribution >= 0.6 is 0 Å². The predicted octanol–water partition coefficient (Wildman–Crippen LogP) is 2.59. The van der Waals surface area contributed by atoms with Crippen molar-refractivity contribution in [3.05, 3.63) is 46.3 Å². The molecule has 106 valence electrons. The number of carboxylic acid groups (broad SMARTS) is 1. The Balaban J connectivity index is 2.35. The summed E-state index contributed by atoms with van der Waals surface area (Å²) >= 11 is 0. The van der Waals surface area contributed by atoms with Crippen molar-refractivity contribution in [1.29, 1.82) is 0 Å². The van der Waals surface area contributed by atoms with Gasteiger partial charge in [0, 0.05) is 0 Å². The summed E-state index contributed by atoms with van der Waals surface area (Å²) in [6, 6.07) is 6.29. The van der Waals surface area contributed by atoms with Crippen LogP contribution in [0.15, 0.2) is 18.2 Å². The van der Waals surface area contributed by atoms with E-state index in [1.807, 2.05) is 20.8 Å². The largest absolute Gasteiger partial charge is 0.476 e. The Labute approximate surface area is 118 Å². The number of rotatable bonds is 5. The molecule has 0 unspecified atom stereocenters. The van der Waals surface area contributed by atoms with Crippen LogP contribution in [0.4, 0.5) is 0 Å². The van der Waals surface area contributed by atoms with E-state index in [0.717, 1.165) is 12.0 Å². The van der Waals surface area contributed by atoms with Crippen LogP contribution in [0.1, 0.15) is 46.2 Å². The van der Waals surface area contributed by atoms with E-state index in [2.05, 4.69) is 28.5 Å². The molecule has 0 radical (unpaired) electrons. The molecule has 1 aromatic heterocycles. The Hall–Kier alpha value is -2.17. The minimum absolute atomic E-state index is 0.0659. The Kier molecular flexibility index (Phi) is 4.17. The van der Waals surface area contributed by atoms with E-state index < -0.39 is 5.97 Å². The van der Waals surface area contributed by atoms with Gasteiger partial charge in [-0.1, -0.05) is 47.9 Å². The smallest absolute Gasteiger partial charge is 0.358 e. The molecule has 0 amide bonds. The molecule has 5 nitrogen and oxygen atoms in total. The van der Waals surface area contributed by atoms with Crippen molar-refractivity contribution in [2.24, 2.45) is 0 Å². The second-order valence-corrected chi connectivity index (χ2v) is 5.09. The van der Waals surface area contributed by atoms with Gasteiger partial charge in [0.05, 0.1) is 12.2 Å². The van der Waals surface area contributed by atoms with Gasteiger partial charge in [-0.05, 0) is 25.8 Å². The van der Waals surface area contributed by atoms with E-state index in [1.165, 1.54) is 11.1 Å². The van der Waals surface area contributed by atoms with E-state index >= 15 is 0 Å². The highest BCUT2D eigenvalue weighted by molar-refractivity contribution is 5.86. The number of aryl methyl sites for hydroxylation is 2. The zero-order chi connectivity index (χ0) is 14.7. The fourth-order valence-electron chi connectivity index (χ4n) is 2.44. The molecule has 0 aliphatic carbocycles. The first-order chi connectivity index (χ1) is 9.51. The van der Waals surface area contributed by atoms with Crippen molar-refractivity contribution in [2.75, 3.05) is 0 Å². The number of benzene rings is 1. The first kappa shape index (κ1) is 14.2. The molecule has 5 heteroatoms. The predicted molar refractivity (Wildman–Crippen MR) is 76.0 cm³/mol. The Morgan fingerprint density at radius 1 is 1.25 bits per heavy atom. The Morgan fingerprint density at radius 2 is 1.90 bits per heavy atom. The van der Waals surface area contributed by atoms with Crippen molar-refractivity contribution < 1.29 is 9.90 Å². The third-order valence-electron chi connectivity index (χ3n) is 3.14. The summed E-state index contributed by atoms with van der Waals surface area (Å²) in [6.45, 7) is 6.67. The second-order valence-electron chi connectivity index (χ2n) is 5.09. The zero-order valence-corrected chi connectivity index (χ0v) is 12.1. The van der Waals surface area contributed by atoms with Crippen LogP contribution in [-0.2, 0) is 13.0 Å². The van der Waals surface area contributed by atoms with Gasteiger partial charge in [-0.2, -0.15) is 0 Å². The van der Waals surface area contributed by atoms with E-state index in [4.69, 9.17) is 5.11 Å². The molecular weight excluding hydrogens is 254 g/mol. The van der Waals surface area contributed by atoms with E-state index in [1.54, 1.807) is 4.68 Å². The molecule has 0 saturated heterocycles. The van der Waals surface area contributed by atoms with Crippen molar-refractivity contribution in [1.82, 2.24) is 15.0 Å². The van der Waals surface area contributed by atoms with Crippen molar-refractivity contribution in [3.63, 3.8) is 0 Å². The molecule has 2 aromatic rings. The number of nitrogens with zero attached hydrogens (tertiary/aromatic N) is 3.